The number of fused-ring (bicyclic) bond motifs is 1. The van der Waals surface area contributed by atoms with Crippen LogP contribution < -0.4 is 0 Å². The first-order valence-corrected chi connectivity index (χ1v) is 10.3. The monoisotopic (exact) mass is 415 g/mol. The third-order valence-corrected chi connectivity index (χ3v) is 6.76. The minimum atomic E-state index is -3.89. The maximum atomic E-state index is 12.8. The molecule has 1 aliphatic heterocycles. The van der Waals surface area contributed by atoms with Gasteiger partial charge < -0.3 is 4.90 Å². The molecule has 0 saturated carbocycles. The lowest BCUT2D eigenvalue weighted by Gasteiger charge is -2.33. The van der Waals surface area contributed by atoms with Crippen LogP contribution in [0.1, 0.15) is 10.5 Å². The molecular weight excluding hydrogens is 398 g/mol. The number of nitro groups is 1. The Kier molecular flexibility index (Phi) is 4.76. The van der Waals surface area contributed by atoms with E-state index in [1.54, 1.807) is 11.0 Å². The topological polar surface area (TPSA) is 130 Å². The lowest BCUT2D eigenvalue weighted by atomic mass is 10.2. The third-order valence-electron chi connectivity index (χ3n) is 4.86. The van der Waals surface area contributed by atoms with Gasteiger partial charge in [0.1, 0.15) is 0 Å². The number of para-hydroxylation sites is 1. The summed E-state index contributed by atoms with van der Waals surface area (Å²) in [6.45, 7) is 0.598. The smallest absolute Gasteiger partial charge is 0.275 e. The largest absolute Gasteiger partial charge is 0.335 e. The molecule has 11 heteroatoms. The van der Waals surface area contributed by atoms with Crippen molar-refractivity contribution >= 4 is 32.5 Å². The van der Waals surface area contributed by atoms with E-state index in [9.17, 15) is 23.3 Å². The van der Waals surface area contributed by atoms with Gasteiger partial charge in [0.15, 0.2) is 5.69 Å². The van der Waals surface area contributed by atoms with Crippen LogP contribution in [0.4, 0.5) is 5.69 Å². The van der Waals surface area contributed by atoms with Gasteiger partial charge in [0.05, 0.1) is 15.3 Å². The highest BCUT2D eigenvalue weighted by Crippen LogP contribution is 2.23. The number of nitrogens with one attached hydrogen (secondary N) is 1. The summed E-state index contributed by atoms with van der Waals surface area (Å²) in [6, 6.07) is 12.2. The van der Waals surface area contributed by atoms with Gasteiger partial charge >= 0.3 is 0 Å². The molecule has 1 amide bonds. The van der Waals surface area contributed by atoms with E-state index in [0.29, 0.717) is 11.1 Å². The zero-order valence-corrected chi connectivity index (χ0v) is 16.0. The molecular formula is C18H17N5O5S. The van der Waals surface area contributed by atoms with Crippen LogP contribution in [0.25, 0.3) is 10.9 Å². The number of carbonyl (C=O) groups is 1. The highest BCUT2D eigenvalue weighted by Gasteiger charge is 2.32. The van der Waals surface area contributed by atoms with Gasteiger partial charge in [0.2, 0.25) is 10.0 Å². The molecule has 0 radical (unpaired) electrons. The number of rotatable bonds is 4. The predicted octanol–water partition coefficient (Wildman–Crippen LogP) is 1.62. The van der Waals surface area contributed by atoms with E-state index in [-0.39, 0.29) is 42.7 Å². The van der Waals surface area contributed by atoms with Crippen LogP contribution >= 0.6 is 0 Å². The second-order valence-corrected chi connectivity index (χ2v) is 8.51. The Morgan fingerprint density at radius 3 is 2.52 bits per heavy atom. The van der Waals surface area contributed by atoms with Crippen molar-refractivity contribution in [2.24, 2.45) is 0 Å². The molecule has 3 aromatic rings. The molecule has 10 nitrogen and oxygen atoms in total. The zero-order chi connectivity index (χ0) is 20.6. The van der Waals surface area contributed by atoms with Crippen LogP contribution in [0, 0.1) is 10.1 Å². The Hall–Kier alpha value is -3.31. The average Bonchev–Trinajstić information content (AvgIpc) is 3.17. The Labute approximate surface area is 165 Å². The van der Waals surface area contributed by atoms with Crippen LogP contribution in [0.5, 0.6) is 0 Å². The molecule has 150 valence electrons. The standard InChI is InChI=1S/C18H17N5O5S/c24-18(17-15-6-1-2-7-16(15)19-20-17)21-8-10-22(11-9-21)29(27,28)14-5-3-4-13(12-14)23(25)26/h1-7,12H,8-11H2,(H,19,20). The van der Waals surface area contributed by atoms with E-state index >= 15 is 0 Å². The molecule has 1 aliphatic rings. The first-order chi connectivity index (χ1) is 13.9. The van der Waals surface area contributed by atoms with Gasteiger partial charge in [0, 0.05) is 43.7 Å². The van der Waals surface area contributed by atoms with Gasteiger partial charge in [-0.05, 0) is 12.1 Å². The van der Waals surface area contributed by atoms with Gasteiger partial charge in [-0.25, -0.2) is 8.42 Å². The number of hydrogen-bond donors (Lipinski definition) is 1. The minimum Gasteiger partial charge on any atom is -0.335 e. The fourth-order valence-corrected chi connectivity index (χ4v) is 4.78. The number of piperazine rings is 1. The van der Waals surface area contributed by atoms with Crippen molar-refractivity contribution in [1.82, 2.24) is 19.4 Å². The first-order valence-electron chi connectivity index (χ1n) is 8.85. The van der Waals surface area contributed by atoms with E-state index < -0.39 is 14.9 Å². The molecule has 1 saturated heterocycles. The van der Waals surface area contributed by atoms with Gasteiger partial charge in [-0.3, -0.25) is 20.0 Å². The second-order valence-electron chi connectivity index (χ2n) is 6.57. The maximum Gasteiger partial charge on any atom is 0.275 e. The Morgan fingerprint density at radius 1 is 1.07 bits per heavy atom. The molecule has 0 aliphatic carbocycles. The Bertz CT molecular complexity index is 1200. The van der Waals surface area contributed by atoms with Gasteiger partial charge in [0.25, 0.3) is 11.6 Å². The van der Waals surface area contributed by atoms with Crippen molar-refractivity contribution in [1.29, 1.82) is 0 Å². The molecule has 2 aromatic carbocycles. The van der Waals surface area contributed by atoms with E-state index in [2.05, 4.69) is 10.2 Å². The van der Waals surface area contributed by atoms with Crippen molar-refractivity contribution in [2.75, 3.05) is 26.2 Å². The molecule has 29 heavy (non-hydrogen) atoms. The predicted molar refractivity (Wildman–Crippen MR) is 104 cm³/mol. The summed E-state index contributed by atoms with van der Waals surface area (Å²) in [4.78, 5) is 24.5. The molecule has 1 aromatic heterocycles. The molecule has 4 rings (SSSR count). The average molecular weight is 415 g/mol. The summed E-state index contributed by atoms with van der Waals surface area (Å²) in [6.07, 6.45) is 0. The van der Waals surface area contributed by atoms with Crippen LogP contribution in [0.2, 0.25) is 0 Å². The lowest BCUT2D eigenvalue weighted by Crippen LogP contribution is -2.50. The normalized spacial score (nSPS) is 15.5. The first kappa shape index (κ1) is 19.0. The van der Waals surface area contributed by atoms with Crippen molar-refractivity contribution in [3.05, 3.63) is 64.3 Å². The Morgan fingerprint density at radius 2 is 1.79 bits per heavy atom. The molecule has 0 unspecified atom stereocenters. The fraction of sp³-hybridized carbons (Fsp3) is 0.222. The number of nitro benzene ring substituents is 1. The number of amides is 1. The number of benzene rings is 2. The number of aromatic nitrogens is 2. The van der Waals surface area contributed by atoms with Gasteiger partial charge in [-0.2, -0.15) is 9.40 Å². The number of aromatic amines is 1. The number of hydrogen-bond acceptors (Lipinski definition) is 6. The highest BCUT2D eigenvalue weighted by molar-refractivity contribution is 7.89. The molecule has 0 bridgehead atoms. The lowest BCUT2D eigenvalue weighted by molar-refractivity contribution is -0.385. The van der Waals surface area contributed by atoms with Crippen molar-refractivity contribution in [3.8, 4) is 0 Å². The molecule has 1 N–H and O–H groups in total. The second kappa shape index (κ2) is 7.26. The number of non-ortho nitro benzene ring substituents is 1. The maximum absolute atomic E-state index is 12.8. The third kappa shape index (κ3) is 3.45. The number of nitrogens with zero attached hydrogens (tertiary/aromatic N) is 4. The number of carbonyl (C=O) groups excluding carboxylic acids is 1. The van der Waals surface area contributed by atoms with Gasteiger partial charge in [-0.1, -0.05) is 24.3 Å². The molecule has 0 atom stereocenters. The van der Waals surface area contributed by atoms with Crippen LogP contribution in [0.3, 0.4) is 0 Å². The highest BCUT2D eigenvalue weighted by atomic mass is 32.2. The summed E-state index contributed by atoms with van der Waals surface area (Å²) in [5.74, 6) is -0.269. The van der Waals surface area contributed by atoms with Crippen molar-refractivity contribution in [2.45, 2.75) is 4.90 Å². The summed E-state index contributed by atoms with van der Waals surface area (Å²) in [5, 5.41) is 18.6. The molecule has 1 fully saturated rings. The minimum absolute atomic E-state index is 0.0963. The summed E-state index contributed by atoms with van der Waals surface area (Å²) in [5.41, 5.74) is 0.767. The number of sulfonamides is 1. The fourth-order valence-electron chi connectivity index (χ4n) is 3.31. The number of H-pyrrole nitrogens is 1. The Balaban J connectivity index is 1.49. The van der Waals surface area contributed by atoms with Crippen LogP contribution in [-0.2, 0) is 10.0 Å². The van der Waals surface area contributed by atoms with E-state index in [1.807, 2.05) is 18.2 Å². The van der Waals surface area contributed by atoms with Crippen molar-refractivity contribution < 1.29 is 18.1 Å². The summed E-state index contributed by atoms with van der Waals surface area (Å²) < 4.78 is 26.9. The van der Waals surface area contributed by atoms with Gasteiger partial charge in [-0.15, -0.1) is 0 Å². The summed E-state index contributed by atoms with van der Waals surface area (Å²) in [7, 11) is -3.89. The van der Waals surface area contributed by atoms with E-state index in [1.165, 1.54) is 22.5 Å². The quantitative estimate of drug-likeness (QED) is 0.509. The SMILES string of the molecule is O=C(c1n[nH]c2ccccc12)N1CCN(S(=O)(=O)c2cccc([N+](=O)[O-])c2)CC1. The zero-order valence-electron chi connectivity index (χ0n) is 15.2. The van der Waals surface area contributed by atoms with Crippen LogP contribution in [0.15, 0.2) is 53.4 Å². The molecule has 2 heterocycles. The van der Waals surface area contributed by atoms with E-state index in [0.717, 1.165) is 11.6 Å². The van der Waals surface area contributed by atoms with Crippen LogP contribution in [-0.4, -0.2) is 64.8 Å². The van der Waals surface area contributed by atoms with E-state index in [4.69, 9.17) is 0 Å². The molecule has 0 spiro atoms. The summed E-state index contributed by atoms with van der Waals surface area (Å²) >= 11 is 0. The van der Waals surface area contributed by atoms with Crippen molar-refractivity contribution in [3.63, 3.8) is 0 Å².